The van der Waals surface area contributed by atoms with E-state index in [1.165, 1.54) is 10.6 Å². The summed E-state index contributed by atoms with van der Waals surface area (Å²) >= 11 is 12.2. The molecule has 1 fully saturated rings. The van der Waals surface area contributed by atoms with E-state index in [4.69, 9.17) is 37.7 Å². The Morgan fingerprint density at radius 3 is 2.46 bits per heavy atom. The molecule has 6 rings (SSSR count). The van der Waals surface area contributed by atoms with Crippen molar-refractivity contribution in [2.45, 2.75) is 25.6 Å². The molecule has 3 aromatic carbocycles. The predicted molar refractivity (Wildman–Crippen MR) is 175 cm³/mol. The molecule has 0 bridgehead atoms. The molecule has 2 aliphatic heterocycles. The lowest BCUT2D eigenvalue weighted by atomic mass is 10.0. The van der Waals surface area contributed by atoms with Gasteiger partial charge in [0.1, 0.15) is 5.75 Å². The van der Waals surface area contributed by atoms with Crippen molar-refractivity contribution >= 4 is 46.7 Å². The van der Waals surface area contributed by atoms with Gasteiger partial charge in [-0.3, -0.25) is 9.59 Å². The van der Waals surface area contributed by atoms with E-state index < -0.39 is 12.0 Å². The van der Waals surface area contributed by atoms with Gasteiger partial charge in [-0.2, -0.15) is 0 Å². The fourth-order valence-corrected chi connectivity index (χ4v) is 5.96. The van der Waals surface area contributed by atoms with Gasteiger partial charge in [0.2, 0.25) is 5.95 Å². The lowest BCUT2D eigenvalue weighted by molar-refractivity contribution is -0.141. The summed E-state index contributed by atoms with van der Waals surface area (Å²) in [5.41, 5.74) is 3.40. The fraction of sp³-hybridized carbons (Fsp3) is 0.273. The highest BCUT2D eigenvalue weighted by molar-refractivity contribution is 6.42. The number of fused-ring (bicyclic) bond motifs is 1. The molecule has 1 aromatic heterocycles. The van der Waals surface area contributed by atoms with E-state index in [1.807, 2.05) is 24.3 Å². The van der Waals surface area contributed by atoms with Gasteiger partial charge < -0.3 is 29.7 Å². The highest BCUT2D eigenvalue weighted by Gasteiger charge is 2.30. The molecule has 1 unspecified atom stereocenters. The molecule has 0 spiro atoms. The van der Waals surface area contributed by atoms with Gasteiger partial charge in [0, 0.05) is 36.4 Å². The number of carboxylic acids is 1. The summed E-state index contributed by atoms with van der Waals surface area (Å²) in [5.74, 6) is -0.160. The van der Waals surface area contributed by atoms with Gasteiger partial charge in [-0.15, -0.1) is 0 Å². The van der Waals surface area contributed by atoms with Gasteiger partial charge in [0.25, 0.3) is 11.5 Å². The van der Waals surface area contributed by atoms with Crippen molar-refractivity contribution < 1.29 is 24.2 Å². The Morgan fingerprint density at radius 1 is 1.02 bits per heavy atom. The van der Waals surface area contributed by atoms with E-state index >= 15 is 0 Å². The summed E-state index contributed by atoms with van der Waals surface area (Å²) in [6, 6.07) is 18.6. The van der Waals surface area contributed by atoms with Crippen LogP contribution in [0.2, 0.25) is 10.0 Å². The standard InChI is InChI=1S/C33H31Cl2N5O6/c1-45-24-9-2-20(3-10-24)17-36-33-37-28-18-38(30(41)21-4-11-26(34)27(35)16-21)13-12-25(28)31(42)40(33)23-7-5-22(6-8-23)39-14-15-46-19-29(39)32(43)44/h2-11,16,29H,12-15,17-19H2,1H3,(H,36,37)(H,43,44). The first-order chi connectivity index (χ1) is 22.2. The number of hydrogen-bond donors (Lipinski definition) is 2. The van der Waals surface area contributed by atoms with E-state index in [0.717, 1.165) is 11.3 Å². The maximum Gasteiger partial charge on any atom is 0.328 e. The minimum Gasteiger partial charge on any atom is -0.497 e. The highest BCUT2D eigenvalue weighted by atomic mass is 35.5. The summed E-state index contributed by atoms with van der Waals surface area (Å²) in [7, 11) is 1.60. The van der Waals surface area contributed by atoms with Crippen LogP contribution in [0.25, 0.3) is 5.69 Å². The molecule has 46 heavy (non-hydrogen) atoms. The van der Waals surface area contributed by atoms with Crippen molar-refractivity contribution in [3.8, 4) is 11.4 Å². The highest BCUT2D eigenvalue weighted by Crippen LogP contribution is 2.27. The number of hydrogen-bond acceptors (Lipinski definition) is 8. The maximum atomic E-state index is 14.1. The van der Waals surface area contributed by atoms with Crippen molar-refractivity contribution in [1.82, 2.24) is 14.5 Å². The van der Waals surface area contributed by atoms with Gasteiger partial charge >= 0.3 is 5.97 Å². The van der Waals surface area contributed by atoms with Gasteiger partial charge in [-0.05, 0) is 66.6 Å². The number of nitrogens with zero attached hydrogens (tertiary/aromatic N) is 4. The summed E-state index contributed by atoms with van der Waals surface area (Å²) in [6.07, 6.45) is 0.319. The molecular weight excluding hydrogens is 633 g/mol. The number of amides is 1. The van der Waals surface area contributed by atoms with Crippen LogP contribution in [0, 0.1) is 0 Å². The number of benzene rings is 3. The summed E-state index contributed by atoms with van der Waals surface area (Å²) in [5, 5.41) is 13.6. The first-order valence-electron chi connectivity index (χ1n) is 14.7. The van der Waals surface area contributed by atoms with Crippen molar-refractivity contribution in [2.75, 3.05) is 43.6 Å². The largest absolute Gasteiger partial charge is 0.497 e. The molecule has 0 radical (unpaired) electrons. The molecule has 238 valence electrons. The molecule has 3 heterocycles. The van der Waals surface area contributed by atoms with Crippen molar-refractivity contribution in [2.24, 2.45) is 0 Å². The molecule has 0 saturated carbocycles. The minimum absolute atomic E-state index is 0.0926. The van der Waals surface area contributed by atoms with Crippen LogP contribution in [0.4, 0.5) is 11.6 Å². The minimum atomic E-state index is -0.962. The quantitative estimate of drug-likeness (QED) is 0.277. The van der Waals surface area contributed by atoms with E-state index in [1.54, 1.807) is 53.3 Å². The fourth-order valence-electron chi connectivity index (χ4n) is 5.67. The van der Waals surface area contributed by atoms with Gasteiger partial charge in [0.05, 0.1) is 48.3 Å². The second-order valence-corrected chi connectivity index (χ2v) is 11.8. The van der Waals surface area contributed by atoms with Crippen LogP contribution in [0.5, 0.6) is 5.75 Å². The number of nitrogens with one attached hydrogen (secondary N) is 1. The second-order valence-electron chi connectivity index (χ2n) is 10.9. The van der Waals surface area contributed by atoms with Crippen molar-refractivity contribution in [1.29, 1.82) is 0 Å². The smallest absolute Gasteiger partial charge is 0.328 e. The monoisotopic (exact) mass is 663 g/mol. The zero-order valence-electron chi connectivity index (χ0n) is 24.9. The van der Waals surface area contributed by atoms with Crippen LogP contribution < -0.4 is 20.5 Å². The molecule has 0 aliphatic carbocycles. The molecular formula is C33H31Cl2N5O6. The SMILES string of the molecule is COc1ccc(CNc2nc3c(c(=O)n2-c2ccc(N4CCOCC4C(=O)O)cc2)CCN(C(=O)c2ccc(Cl)c(Cl)c2)C3)cc1. The number of methoxy groups -OCH3 is 1. The number of rotatable bonds is 8. The van der Waals surface area contributed by atoms with Crippen LogP contribution in [-0.4, -0.2) is 70.9 Å². The van der Waals surface area contributed by atoms with E-state index in [0.29, 0.717) is 71.8 Å². The molecule has 1 atom stereocenters. The van der Waals surface area contributed by atoms with Crippen LogP contribution in [0.15, 0.2) is 71.5 Å². The van der Waals surface area contributed by atoms with Crippen LogP contribution in [-0.2, 0) is 29.0 Å². The third-order valence-corrected chi connectivity index (χ3v) is 8.89. The summed E-state index contributed by atoms with van der Waals surface area (Å²) < 4.78 is 12.2. The van der Waals surface area contributed by atoms with E-state index in [-0.39, 0.29) is 29.6 Å². The third kappa shape index (κ3) is 6.39. The number of ether oxygens (including phenoxy) is 2. The zero-order valence-corrected chi connectivity index (χ0v) is 26.4. The number of aromatic nitrogens is 2. The first-order valence-corrected chi connectivity index (χ1v) is 15.4. The summed E-state index contributed by atoms with van der Waals surface area (Å²) in [4.78, 5) is 47.6. The van der Waals surface area contributed by atoms with Crippen LogP contribution in [0.3, 0.4) is 0 Å². The molecule has 4 aromatic rings. The Hall–Kier alpha value is -4.58. The normalized spacial score (nSPS) is 16.1. The Bertz CT molecular complexity index is 1830. The molecule has 2 N–H and O–H groups in total. The topological polar surface area (TPSA) is 126 Å². The number of halogens is 2. The Kier molecular flexibility index (Phi) is 9.16. The van der Waals surface area contributed by atoms with Gasteiger partial charge in [0.15, 0.2) is 6.04 Å². The lowest BCUT2D eigenvalue weighted by Gasteiger charge is -2.34. The zero-order chi connectivity index (χ0) is 32.4. The Labute approximate surface area is 274 Å². The van der Waals surface area contributed by atoms with Crippen molar-refractivity contribution in [3.05, 3.63) is 110 Å². The second kappa shape index (κ2) is 13.4. The summed E-state index contributed by atoms with van der Waals surface area (Å²) in [6.45, 7) is 1.79. The maximum absolute atomic E-state index is 14.1. The lowest BCUT2D eigenvalue weighted by Crippen LogP contribution is -2.50. The van der Waals surface area contributed by atoms with E-state index in [2.05, 4.69) is 5.32 Å². The molecule has 2 aliphatic rings. The van der Waals surface area contributed by atoms with Gasteiger partial charge in [-0.25, -0.2) is 14.3 Å². The number of aliphatic carboxylic acids is 1. The molecule has 1 amide bonds. The number of carbonyl (C=O) groups is 2. The molecule has 11 nitrogen and oxygen atoms in total. The third-order valence-electron chi connectivity index (χ3n) is 8.15. The van der Waals surface area contributed by atoms with Gasteiger partial charge in [-0.1, -0.05) is 35.3 Å². The number of carboxylic acid groups (broad SMARTS) is 1. The average Bonchev–Trinajstić information content (AvgIpc) is 3.08. The Balaban J connectivity index is 1.34. The molecule has 1 saturated heterocycles. The van der Waals surface area contributed by atoms with E-state index in [9.17, 15) is 19.5 Å². The molecule has 13 heteroatoms. The van der Waals surface area contributed by atoms with Crippen LogP contribution in [0.1, 0.15) is 27.2 Å². The average molecular weight is 665 g/mol. The van der Waals surface area contributed by atoms with Crippen molar-refractivity contribution in [3.63, 3.8) is 0 Å². The number of anilines is 2. The first kappa shape index (κ1) is 31.4. The van der Waals surface area contributed by atoms with Crippen LogP contribution >= 0.6 is 23.2 Å². The predicted octanol–water partition coefficient (Wildman–Crippen LogP) is 4.65. The number of carbonyl (C=O) groups excluding carboxylic acids is 1. The number of morpholine rings is 1. The Morgan fingerprint density at radius 2 is 1.76 bits per heavy atom.